The predicted molar refractivity (Wildman–Crippen MR) is 74.7 cm³/mol. The summed E-state index contributed by atoms with van der Waals surface area (Å²) in [5, 5.41) is 8.95. The summed E-state index contributed by atoms with van der Waals surface area (Å²) in [6.07, 6.45) is 2.07. The van der Waals surface area contributed by atoms with Crippen molar-refractivity contribution in [1.29, 1.82) is 0 Å². The summed E-state index contributed by atoms with van der Waals surface area (Å²) in [5.74, 6) is -0.982. The molecule has 0 saturated carbocycles. The predicted octanol–water partition coefficient (Wildman–Crippen LogP) is 2.56. The van der Waals surface area contributed by atoms with Gasteiger partial charge in [0.05, 0.1) is 10.8 Å². The van der Waals surface area contributed by atoms with Crippen molar-refractivity contribution in [3.63, 3.8) is 0 Å². The number of likely N-dealkylation sites (tertiary alicyclic amines) is 1. The largest absolute Gasteiger partial charge is 0.481 e. The highest BCUT2D eigenvalue weighted by Crippen LogP contribution is 2.26. The van der Waals surface area contributed by atoms with Gasteiger partial charge in [0.25, 0.3) is 5.91 Å². The summed E-state index contributed by atoms with van der Waals surface area (Å²) in [5.41, 5.74) is 1.18. The van der Waals surface area contributed by atoms with Crippen LogP contribution in [0, 0.1) is 12.8 Å². The first-order valence-electron chi connectivity index (χ1n) is 6.64. The molecule has 1 aliphatic rings. The molecule has 4 nitrogen and oxygen atoms in total. The Bertz CT molecular complexity index is 487. The Kier molecular flexibility index (Phi) is 4.24. The number of carboxylic acids is 1. The topological polar surface area (TPSA) is 57.6 Å². The van der Waals surface area contributed by atoms with Crippen LogP contribution < -0.4 is 0 Å². The monoisotopic (exact) mass is 281 g/mol. The normalized spacial score (nSPS) is 16.6. The van der Waals surface area contributed by atoms with E-state index in [1.165, 1.54) is 10.4 Å². The minimum absolute atomic E-state index is 0.0524. The van der Waals surface area contributed by atoms with Crippen LogP contribution in [0.4, 0.5) is 0 Å². The summed E-state index contributed by atoms with van der Waals surface area (Å²) in [6.45, 7) is 5.22. The molecule has 2 rings (SSSR count). The van der Waals surface area contributed by atoms with Crippen LogP contribution in [-0.2, 0) is 11.2 Å². The maximum absolute atomic E-state index is 12.3. The van der Waals surface area contributed by atoms with Gasteiger partial charge < -0.3 is 10.0 Å². The van der Waals surface area contributed by atoms with E-state index in [1.54, 1.807) is 16.2 Å². The van der Waals surface area contributed by atoms with Gasteiger partial charge in [-0.1, -0.05) is 6.92 Å². The fourth-order valence-electron chi connectivity index (χ4n) is 2.46. The molecule has 0 spiro atoms. The van der Waals surface area contributed by atoms with Crippen molar-refractivity contribution in [2.75, 3.05) is 13.1 Å². The van der Waals surface area contributed by atoms with Gasteiger partial charge in [-0.15, -0.1) is 11.3 Å². The molecular weight excluding hydrogens is 262 g/mol. The van der Waals surface area contributed by atoms with Crippen LogP contribution in [0.3, 0.4) is 0 Å². The van der Waals surface area contributed by atoms with E-state index in [9.17, 15) is 9.59 Å². The van der Waals surface area contributed by atoms with Crippen molar-refractivity contribution in [2.24, 2.45) is 5.92 Å². The second-order valence-electron chi connectivity index (χ2n) is 4.98. The van der Waals surface area contributed by atoms with E-state index in [1.807, 2.05) is 13.0 Å². The molecule has 0 aliphatic carbocycles. The first-order chi connectivity index (χ1) is 9.02. The van der Waals surface area contributed by atoms with Crippen molar-refractivity contribution in [3.05, 3.63) is 21.4 Å². The third kappa shape index (κ3) is 2.97. The minimum atomic E-state index is -0.743. The zero-order valence-electron chi connectivity index (χ0n) is 11.3. The van der Waals surface area contributed by atoms with Crippen LogP contribution in [0.15, 0.2) is 6.07 Å². The maximum Gasteiger partial charge on any atom is 0.306 e. The highest BCUT2D eigenvalue weighted by molar-refractivity contribution is 7.14. The van der Waals surface area contributed by atoms with Crippen LogP contribution in [-0.4, -0.2) is 35.0 Å². The molecule has 1 saturated heterocycles. The molecule has 2 heterocycles. The Hall–Kier alpha value is -1.36. The molecule has 1 aliphatic heterocycles. The van der Waals surface area contributed by atoms with Gasteiger partial charge >= 0.3 is 5.97 Å². The average Bonchev–Trinajstić information content (AvgIpc) is 2.79. The van der Waals surface area contributed by atoms with Gasteiger partial charge in [0, 0.05) is 18.0 Å². The summed E-state index contributed by atoms with van der Waals surface area (Å²) in [6, 6.07) is 1.95. The maximum atomic E-state index is 12.3. The van der Waals surface area contributed by atoms with Crippen LogP contribution in [0.1, 0.15) is 39.9 Å². The molecule has 0 aromatic carbocycles. The number of piperidine rings is 1. The summed E-state index contributed by atoms with van der Waals surface area (Å²) in [4.78, 5) is 27.0. The lowest BCUT2D eigenvalue weighted by molar-refractivity contribution is -0.143. The third-order valence-electron chi connectivity index (χ3n) is 3.68. The molecule has 1 aromatic heterocycles. The number of carbonyl (C=O) groups is 2. The summed E-state index contributed by atoms with van der Waals surface area (Å²) in [7, 11) is 0. The number of rotatable bonds is 3. The zero-order chi connectivity index (χ0) is 14.0. The van der Waals surface area contributed by atoms with E-state index < -0.39 is 5.97 Å². The molecule has 1 fully saturated rings. The van der Waals surface area contributed by atoms with E-state index in [0.29, 0.717) is 25.9 Å². The Labute approximate surface area is 117 Å². The van der Waals surface area contributed by atoms with Crippen LogP contribution in [0.5, 0.6) is 0 Å². The number of nitrogens with zero attached hydrogens (tertiary/aromatic N) is 1. The second-order valence-corrected chi connectivity index (χ2v) is 6.11. The van der Waals surface area contributed by atoms with E-state index in [4.69, 9.17) is 5.11 Å². The lowest BCUT2D eigenvalue weighted by atomic mass is 9.97. The number of carbonyl (C=O) groups excluding carboxylic acids is 1. The van der Waals surface area contributed by atoms with E-state index >= 15 is 0 Å². The molecule has 5 heteroatoms. The van der Waals surface area contributed by atoms with Crippen molar-refractivity contribution in [3.8, 4) is 0 Å². The SMILES string of the molecule is CCc1sc(C(=O)N2CCC(C(=O)O)CC2)cc1C. The molecule has 104 valence electrons. The van der Waals surface area contributed by atoms with E-state index in [-0.39, 0.29) is 11.8 Å². The fraction of sp³-hybridized carbons (Fsp3) is 0.571. The lowest BCUT2D eigenvalue weighted by Crippen LogP contribution is -2.39. The van der Waals surface area contributed by atoms with Gasteiger partial charge in [-0.2, -0.15) is 0 Å². The van der Waals surface area contributed by atoms with Gasteiger partial charge in [0.2, 0.25) is 0 Å². The van der Waals surface area contributed by atoms with E-state index in [0.717, 1.165) is 11.3 Å². The van der Waals surface area contributed by atoms with Crippen LogP contribution in [0.25, 0.3) is 0 Å². The van der Waals surface area contributed by atoms with Gasteiger partial charge in [-0.3, -0.25) is 9.59 Å². The molecular formula is C14H19NO3S. The molecule has 0 radical (unpaired) electrons. The van der Waals surface area contributed by atoms with Gasteiger partial charge in [0.1, 0.15) is 0 Å². The highest BCUT2D eigenvalue weighted by Gasteiger charge is 2.28. The molecule has 0 bridgehead atoms. The van der Waals surface area contributed by atoms with Gasteiger partial charge in [-0.05, 0) is 37.8 Å². The smallest absolute Gasteiger partial charge is 0.306 e. The molecule has 1 amide bonds. The first kappa shape index (κ1) is 14.1. The van der Waals surface area contributed by atoms with Gasteiger partial charge in [-0.25, -0.2) is 0 Å². The Morgan fingerprint density at radius 1 is 1.42 bits per heavy atom. The van der Waals surface area contributed by atoms with Crippen molar-refractivity contribution >= 4 is 23.2 Å². The van der Waals surface area contributed by atoms with Crippen molar-refractivity contribution in [2.45, 2.75) is 33.1 Å². The second kappa shape index (κ2) is 5.74. The van der Waals surface area contributed by atoms with Crippen LogP contribution in [0.2, 0.25) is 0 Å². The summed E-state index contributed by atoms with van der Waals surface area (Å²) < 4.78 is 0. The number of amides is 1. The Morgan fingerprint density at radius 3 is 2.53 bits per heavy atom. The summed E-state index contributed by atoms with van der Waals surface area (Å²) >= 11 is 1.56. The molecule has 1 aromatic rings. The quantitative estimate of drug-likeness (QED) is 0.926. The lowest BCUT2D eigenvalue weighted by Gasteiger charge is -2.29. The zero-order valence-corrected chi connectivity index (χ0v) is 12.1. The number of thiophene rings is 1. The number of aliphatic carboxylic acids is 1. The number of hydrogen-bond donors (Lipinski definition) is 1. The van der Waals surface area contributed by atoms with E-state index in [2.05, 4.69) is 6.92 Å². The average molecular weight is 281 g/mol. The molecule has 0 atom stereocenters. The highest BCUT2D eigenvalue weighted by atomic mass is 32.1. The molecule has 1 N–H and O–H groups in total. The van der Waals surface area contributed by atoms with Crippen molar-refractivity contribution in [1.82, 2.24) is 4.90 Å². The standard InChI is InChI=1S/C14H19NO3S/c1-3-11-9(2)8-12(19-11)13(16)15-6-4-10(5-7-15)14(17)18/h8,10H,3-7H2,1-2H3,(H,17,18). The first-order valence-corrected chi connectivity index (χ1v) is 7.46. The third-order valence-corrected chi connectivity index (χ3v) is 5.05. The molecule has 0 unspecified atom stereocenters. The van der Waals surface area contributed by atoms with Gasteiger partial charge in [0.15, 0.2) is 0 Å². The Morgan fingerprint density at radius 2 is 2.05 bits per heavy atom. The fourth-order valence-corrected chi connectivity index (χ4v) is 3.54. The number of carboxylic acid groups (broad SMARTS) is 1. The number of hydrogen-bond acceptors (Lipinski definition) is 3. The molecule has 19 heavy (non-hydrogen) atoms. The Balaban J connectivity index is 2.03. The van der Waals surface area contributed by atoms with Crippen LogP contribution >= 0.6 is 11.3 Å². The van der Waals surface area contributed by atoms with Crippen molar-refractivity contribution < 1.29 is 14.7 Å². The minimum Gasteiger partial charge on any atom is -0.481 e. The number of aryl methyl sites for hydroxylation is 2.